The molecule has 0 spiro atoms. The molecule has 110 valence electrons. The van der Waals surface area contributed by atoms with Crippen molar-refractivity contribution in [2.45, 2.75) is 39.5 Å². The predicted molar refractivity (Wildman–Crippen MR) is 86.5 cm³/mol. The predicted octanol–water partition coefficient (Wildman–Crippen LogP) is 4.20. The van der Waals surface area contributed by atoms with Crippen LogP contribution in [0.5, 0.6) is 5.75 Å². The molecule has 1 aromatic carbocycles. The maximum Gasteiger partial charge on any atom is 0.265 e. The quantitative estimate of drug-likeness (QED) is 0.817. The Hall–Kier alpha value is -1.81. The van der Waals surface area contributed by atoms with Crippen molar-refractivity contribution in [3.05, 3.63) is 44.6 Å². The Labute approximate surface area is 128 Å². The molecular formula is C17H19NO2S. The van der Waals surface area contributed by atoms with E-state index in [4.69, 9.17) is 0 Å². The van der Waals surface area contributed by atoms with Crippen LogP contribution in [0.4, 0.5) is 5.69 Å². The smallest absolute Gasteiger partial charge is 0.265 e. The number of carbonyl (C=O) groups is 1. The van der Waals surface area contributed by atoms with Gasteiger partial charge < -0.3 is 10.4 Å². The molecule has 3 nitrogen and oxygen atoms in total. The van der Waals surface area contributed by atoms with Crippen LogP contribution < -0.4 is 5.32 Å². The van der Waals surface area contributed by atoms with Gasteiger partial charge in [0, 0.05) is 10.6 Å². The van der Waals surface area contributed by atoms with Crippen molar-refractivity contribution in [3.8, 4) is 5.75 Å². The van der Waals surface area contributed by atoms with E-state index >= 15 is 0 Å². The van der Waals surface area contributed by atoms with Gasteiger partial charge in [0.15, 0.2) is 0 Å². The second-order valence-electron chi connectivity index (χ2n) is 5.67. The van der Waals surface area contributed by atoms with Crippen molar-refractivity contribution in [2.75, 3.05) is 5.32 Å². The third-order valence-corrected chi connectivity index (χ3v) is 5.25. The van der Waals surface area contributed by atoms with Crippen LogP contribution in [0.1, 0.15) is 44.1 Å². The van der Waals surface area contributed by atoms with E-state index in [1.54, 1.807) is 17.4 Å². The summed E-state index contributed by atoms with van der Waals surface area (Å²) in [5.41, 5.74) is 3.74. The minimum absolute atomic E-state index is 0.0532. The number of aromatic hydroxyl groups is 1. The molecule has 0 fully saturated rings. The molecule has 0 atom stereocenters. The maximum atomic E-state index is 12.4. The van der Waals surface area contributed by atoms with Gasteiger partial charge in [-0.25, -0.2) is 0 Å². The van der Waals surface area contributed by atoms with Gasteiger partial charge in [0.1, 0.15) is 5.75 Å². The molecule has 0 saturated carbocycles. The van der Waals surface area contributed by atoms with Gasteiger partial charge in [0.25, 0.3) is 5.91 Å². The van der Waals surface area contributed by atoms with Crippen LogP contribution in [0.2, 0.25) is 0 Å². The van der Waals surface area contributed by atoms with E-state index in [-0.39, 0.29) is 11.7 Å². The molecule has 1 heterocycles. The molecule has 3 rings (SSSR count). The third kappa shape index (κ3) is 2.81. The van der Waals surface area contributed by atoms with Crippen molar-refractivity contribution < 1.29 is 9.90 Å². The van der Waals surface area contributed by atoms with E-state index < -0.39 is 0 Å². The van der Waals surface area contributed by atoms with E-state index in [1.165, 1.54) is 23.3 Å². The molecule has 0 aliphatic heterocycles. The summed E-state index contributed by atoms with van der Waals surface area (Å²) in [6.07, 6.45) is 4.65. The lowest BCUT2D eigenvalue weighted by atomic mass is 9.99. The molecule has 1 aromatic heterocycles. The second-order valence-corrected chi connectivity index (χ2v) is 6.81. The van der Waals surface area contributed by atoms with E-state index in [0.29, 0.717) is 0 Å². The van der Waals surface area contributed by atoms with Crippen LogP contribution in [-0.4, -0.2) is 11.0 Å². The normalized spacial score (nSPS) is 13.8. The summed E-state index contributed by atoms with van der Waals surface area (Å²) in [4.78, 5) is 14.6. The zero-order valence-corrected chi connectivity index (χ0v) is 13.1. The van der Waals surface area contributed by atoms with Crippen LogP contribution in [-0.2, 0) is 12.8 Å². The van der Waals surface area contributed by atoms with Crippen molar-refractivity contribution in [1.82, 2.24) is 0 Å². The minimum Gasteiger partial charge on any atom is -0.508 e. The average molecular weight is 301 g/mol. The van der Waals surface area contributed by atoms with Crippen LogP contribution in [0.15, 0.2) is 18.2 Å². The Morgan fingerprint density at radius 1 is 1.14 bits per heavy atom. The van der Waals surface area contributed by atoms with Gasteiger partial charge in [-0.1, -0.05) is 0 Å². The number of hydrogen-bond acceptors (Lipinski definition) is 3. The SMILES string of the molecule is Cc1cc(NC(=O)c2cc3c(s2)CCCC3)c(C)cc1O. The van der Waals surface area contributed by atoms with Crippen molar-refractivity contribution in [3.63, 3.8) is 0 Å². The molecule has 0 radical (unpaired) electrons. The molecule has 21 heavy (non-hydrogen) atoms. The monoisotopic (exact) mass is 301 g/mol. The molecule has 2 N–H and O–H groups in total. The van der Waals surface area contributed by atoms with Crippen molar-refractivity contribution in [2.24, 2.45) is 0 Å². The standard InChI is InChI=1S/C17H19NO2S/c1-10-8-14(19)11(2)7-13(10)18-17(20)16-9-12-5-3-4-6-15(12)21-16/h7-9,19H,3-6H2,1-2H3,(H,18,20). The maximum absolute atomic E-state index is 12.4. The van der Waals surface area contributed by atoms with Gasteiger partial charge in [0.2, 0.25) is 0 Å². The summed E-state index contributed by atoms with van der Waals surface area (Å²) < 4.78 is 0. The van der Waals surface area contributed by atoms with Crippen LogP contribution in [0.25, 0.3) is 0 Å². The lowest BCUT2D eigenvalue weighted by Gasteiger charge is -2.09. The highest BCUT2D eigenvalue weighted by molar-refractivity contribution is 7.14. The number of thiophene rings is 1. The number of fused-ring (bicyclic) bond motifs is 1. The number of aryl methyl sites for hydroxylation is 4. The van der Waals surface area contributed by atoms with Gasteiger partial charge in [-0.15, -0.1) is 11.3 Å². The number of anilines is 1. The van der Waals surface area contributed by atoms with Crippen molar-refractivity contribution in [1.29, 1.82) is 0 Å². The lowest BCUT2D eigenvalue weighted by molar-refractivity contribution is 0.103. The Kier molecular flexibility index (Phi) is 3.72. The highest BCUT2D eigenvalue weighted by Crippen LogP contribution is 2.31. The Morgan fingerprint density at radius 2 is 1.90 bits per heavy atom. The summed E-state index contributed by atoms with van der Waals surface area (Å²) in [5, 5.41) is 12.6. The van der Waals surface area contributed by atoms with Gasteiger partial charge in [0.05, 0.1) is 4.88 Å². The van der Waals surface area contributed by atoms with Gasteiger partial charge in [-0.2, -0.15) is 0 Å². The van der Waals surface area contributed by atoms with E-state index in [0.717, 1.165) is 34.5 Å². The summed E-state index contributed by atoms with van der Waals surface area (Å²) in [6, 6.07) is 5.54. The molecule has 1 aliphatic rings. The number of nitrogens with one attached hydrogen (secondary N) is 1. The fourth-order valence-electron chi connectivity index (χ4n) is 2.72. The summed E-state index contributed by atoms with van der Waals surface area (Å²) in [5.74, 6) is 0.208. The third-order valence-electron chi connectivity index (χ3n) is 4.01. The molecule has 0 bridgehead atoms. The first-order valence-electron chi connectivity index (χ1n) is 7.28. The van der Waals surface area contributed by atoms with Crippen LogP contribution in [0, 0.1) is 13.8 Å². The Morgan fingerprint density at radius 3 is 2.67 bits per heavy atom. The number of phenolic OH excluding ortho intramolecular Hbond substituents is 1. The molecule has 0 unspecified atom stereocenters. The van der Waals surface area contributed by atoms with Gasteiger partial charge in [-0.3, -0.25) is 4.79 Å². The molecule has 2 aromatic rings. The van der Waals surface area contributed by atoms with E-state index in [9.17, 15) is 9.90 Å². The fourth-order valence-corrected chi connectivity index (χ4v) is 3.87. The first-order valence-corrected chi connectivity index (χ1v) is 8.09. The zero-order chi connectivity index (χ0) is 15.0. The first kappa shape index (κ1) is 14.1. The van der Waals surface area contributed by atoms with Gasteiger partial charge >= 0.3 is 0 Å². The fraction of sp³-hybridized carbons (Fsp3) is 0.353. The van der Waals surface area contributed by atoms with E-state index in [1.807, 2.05) is 26.0 Å². The Bertz CT molecular complexity index is 680. The number of hydrogen-bond donors (Lipinski definition) is 2. The second kappa shape index (κ2) is 5.53. The number of phenols is 1. The average Bonchev–Trinajstić information content (AvgIpc) is 2.88. The minimum atomic E-state index is -0.0532. The molecular weight excluding hydrogens is 282 g/mol. The van der Waals surface area contributed by atoms with Crippen LogP contribution >= 0.6 is 11.3 Å². The van der Waals surface area contributed by atoms with Crippen molar-refractivity contribution >= 4 is 22.9 Å². The molecule has 0 saturated heterocycles. The zero-order valence-electron chi connectivity index (χ0n) is 12.3. The first-order chi connectivity index (χ1) is 10.0. The van der Waals surface area contributed by atoms with Gasteiger partial charge in [-0.05, 0) is 74.4 Å². The summed E-state index contributed by atoms with van der Waals surface area (Å²) in [7, 11) is 0. The molecule has 1 amide bonds. The topological polar surface area (TPSA) is 49.3 Å². The number of rotatable bonds is 2. The lowest BCUT2D eigenvalue weighted by Crippen LogP contribution is -2.11. The summed E-state index contributed by atoms with van der Waals surface area (Å²) >= 11 is 1.61. The number of benzene rings is 1. The van der Waals surface area contributed by atoms with Crippen LogP contribution in [0.3, 0.4) is 0 Å². The molecule has 1 aliphatic carbocycles. The highest BCUT2D eigenvalue weighted by atomic mass is 32.1. The largest absolute Gasteiger partial charge is 0.508 e. The number of amides is 1. The highest BCUT2D eigenvalue weighted by Gasteiger charge is 2.18. The van der Waals surface area contributed by atoms with E-state index in [2.05, 4.69) is 5.32 Å². The Balaban J connectivity index is 1.83. The summed E-state index contributed by atoms with van der Waals surface area (Å²) in [6.45, 7) is 3.71. The molecule has 4 heteroatoms. The number of carbonyl (C=O) groups excluding carboxylic acids is 1.